The van der Waals surface area contributed by atoms with Gasteiger partial charge in [0.25, 0.3) is 11.8 Å². The summed E-state index contributed by atoms with van der Waals surface area (Å²) in [6.45, 7) is 8.13. The van der Waals surface area contributed by atoms with Crippen LogP contribution in [-0.2, 0) is 0 Å². The molecule has 1 aromatic heterocycles. The number of amides is 2. The molecule has 0 atom stereocenters. The van der Waals surface area contributed by atoms with Crippen molar-refractivity contribution < 1.29 is 14.3 Å². The highest BCUT2D eigenvalue weighted by molar-refractivity contribution is 5.97. The fourth-order valence-electron chi connectivity index (χ4n) is 3.75. The van der Waals surface area contributed by atoms with Crippen molar-refractivity contribution in [2.24, 2.45) is 0 Å². The largest absolute Gasteiger partial charge is 0.496 e. The van der Waals surface area contributed by atoms with Crippen molar-refractivity contribution in [2.45, 2.75) is 20.3 Å². The van der Waals surface area contributed by atoms with Crippen molar-refractivity contribution in [3.8, 4) is 5.75 Å². The first kappa shape index (κ1) is 21.6. The lowest BCUT2D eigenvalue weighted by molar-refractivity contribution is 0.0716. The second-order valence-electron chi connectivity index (χ2n) is 7.22. The van der Waals surface area contributed by atoms with Crippen molar-refractivity contribution in [1.82, 2.24) is 14.8 Å². The maximum Gasteiger partial charge on any atom is 0.257 e. The van der Waals surface area contributed by atoms with Gasteiger partial charge in [0.15, 0.2) is 0 Å². The van der Waals surface area contributed by atoms with Gasteiger partial charge < -0.3 is 19.4 Å². The average Bonchev–Trinajstić information content (AvgIpc) is 3.06. The van der Waals surface area contributed by atoms with Gasteiger partial charge in [-0.3, -0.25) is 9.59 Å². The van der Waals surface area contributed by atoms with Crippen molar-refractivity contribution in [1.29, 1.82) is 0 Å². The SMILES string of the molecule is CCN(CC)c1ccc(C(=O)N2CCCN(C(=O)c3ccccc3OC)CC2)cn1. The van der Waals surface area contributed by atoms with Crippen molar-refractivity contribution in [2.75, 3.05) is 51.3 Å². The van der Waals surface area contributed by atoms with Gasteiger partial charge in [0, 0.05) is 45.5 Å². The number of nitrogens with zero attached hydrogens (tertiary/aromatic N) is 4. The molecule has 1 fully saturated rings. The van der Waals surface area contributed by atoms with E-state index in [0.717, 1.165) is 25.3 Å². The highest BCUT2D eigenvalue weighted by Crippen LogP contribution is 2.20. The zero-order valence-electron chi connectivity index (χ0n) is 18.0. The Balaban J connectivity index is 1.66. The first-order chi connectivity index (χ1) is 14.6. The number of anilines is 1. The number of pyridine rings is 1. The van der Waals surface area contributed by atoms with Crippen LogP contribution in [0.25, 0.3) is 0 Å². The Morgan fingerprint density at radius 3 is 2.23 bits per heavy atom. The monoisotopic (exact) mass is 410 g/mol. The minimum Gasteiger partial charge on any atom is -0.496 e. The van der Waals surface area contributed by atoms with Crippen LogP contribution in [0, 0.1) is 0 Å². The summed E-state index contributed by atoms with van der Waals surface area (Å²) in [6.07, 6.45) is 2.39. The van der Waals surface area contributed by atoms with Crippen molar-refractivity contribution >= 4 is 17.6 Å². The van der Waals surface area contributed by atoms with Gasteiger partial charge in [-0.15, -0.1) is 0 Å². The van der Waals surface area contributed by atoms with Crippen LogP contribution in [0.2, 0.25) is 0 Å². The van der Waals surface area contributed by atoms with E-state index in [2.05, 4.69) is 23.7 Å². The number of carbonyl (C=O) groups is 2. The van der Waals surface area contributed by atoms with Gasteiger partial charge in [-0.2, -0.15) is 0 Å². The molecule has 7 nitrogen and oxygen atoms in total. The quantitative estimate of drug-likeness (QED) is 0.733. The van der Waals surface area contributed by atoms with E-state index in [-0.39, 0.29) is 11.8 Å². The Kier molecular flexibility index (Phi) is 7.27. The summed E-state index contributed by atoms with van der Waals surface area (Å²) in [5, 5.41) is 0. The van der Waals surface area contributed by atoms with Crippen LogP contribution in [0.1, 0.15) is 41.0 Å². The smallest absolute Gasteiger partial charge is 0.257 e. The molecule has 2 aromatic rings. The topological polar surface area (TPSA) is 66.0 Å². The third-order valence-corrected chi connectivity index (χ3v) is 5.49. The molecule has 1 aliphatic heterocycles. The van der Waals surface area contributed by atoms with E-state index in [9.17, 15) is 9.59 Å². The van der Waals surface area contributed by atoms with Crippen LogP contribution in [-0.4, -0.2) is 73.0 Å². The van der Waals surface area contributed by atoms with E-state index < -0.39 is 0 Å². The number of rotatable bonds is 6. The molecule has 1 aromatic carbocycles. The number of aromatic nitrogens is 1. The van der Waals surface area contributed by atoms with Crippen LogP contribution in [0.15, 0.2) is 42.6 Å². The lowest BCUT2D eigenvalue weighted by Crippen LogP contribution is -2.37. The number of hydrogen-bond donors (Lipinski definition) is 0. The number of methoxy groups -OCH3 is 1. The molecule has 2 heterocycles. The van der Waals surface area contributed by atoms with Gasteiger partial charge in [0.2, 0.25) is 0 Å². The molecule has 0 radical (unpaired) electrons. The van der Waals surface area contributed by atoms with Gasteiger partial charge >= 0.3 is 0 Å². The van der Waals surface area contributed by atoms with Gasteiger partial charge in [-0.05, 0) is 44.5 Å². The van der Waals surface area contributed by atoms with Crippen LogP contribution < -0.4 is 9.64 Å². The number of para-hydroxylation sites is 1. The molecule has 30 heavy (non-hydrogen) atoms. The van der Waals surface area contributed by atoms with Crippen molar-refractivity contribution in [3.05, 3.63) is 53.7 Å². The van der Waals surface area contributed by atoms with E-state index in [1.165, 1.54) is 0 Å². The molecule has 1 aliphatic rings. The number of benzene rings is 1. The van der Waals surface area contributed by atoms with Crippen LogP contribution in [0.5, 0.6) is 5.75 Å². The maximum atomic E-state index is 13.0. The molecule has 0 bridgehead atoms. The molecule has 1 saturated heterocycles. The summed E-state index contributed by atoms with van der Waals surface area (Å²) >= 11 is 0. The predicted octanol–water partition coefficient (Wildman–Crippen LogP) is 2.92. The van der Waals surface area contributed by atoms with Crippen LogP contribution >= 0.6 is 0 Å². The van der Waals surface area contributed by atoms with Gasteiger partial charge in [0.1, 0.15) is 11.6 Å². The first-order valence-electron chi connectivity index (χ1n) is 10.5. The lowest BCUT2D eigenvalue weighted by atomic mass is 10.1. The summed E-state index contributed by atoms with van der Waals surface area (Å²) < 4.78 is 5.33. The number of ether oxygens (including phenoxy) is 1. The highest BCUT2D eigenvalue weighted by Gasteiger charge is 2.25. The fourth-order valence-corrected chi connectivity index (χ4v) is 3.75. The highest BCUT2D eigenvalue weighted by atomic mass is 16.5. The molecule has 0 N–H and O–H groups in total. The molecule has 0 spiro atoms. The molecule has 0 saturated carbocycles. The Hall–Kier alpha value is -3.09. The van der Waals surface area contributed by atoms with E-state index >= 15 is 0 Å². The maximum absolute atomic E-state index is 13.0. The molecule has 160 valence electrons. The minimum atomic E-state index is -0.0630. The lowest BCUT2D eigenvalue weighted by Gasteiger charge is -2.23. The van der Waals surface area contributed by atoms with E-state index in [1.54, 1.807) is 30.3 Å². The Bertz CT molecular complexity index is 865. The van der Waals surface area contributed by atoms with Crippen LogP contribution in [0.4, 0.5) is 5.82 Å². The summed E-state index contributed by atoms with van der Waals surface area (Å²) in [7, 11) is 1.56. The minimum absolute atomic E-state index is 0.0415. The summed E-state index contributed by atoms with van der Waals surface area (Å²) in [6, 6.07) is 11.0. The number of hydrogen-bond acceptors (Lipinski definition) is 5. The van der Waals surface area contributed by atoms with Crippen molar-refractivity contribution in [3.63, 3.8) is 0 Å². The second kappa shape index (κ2) is 10.1. The summed E-state index contributed by atoms with van der Waals surface area (Å²) in [5.41, 5.74) is 1.13. The van der Waals surface area contributed by atoms with E-state index in [0.29, 0.717) is 43.1 Å². The van der Waals surface area contributed by atoms with Gasteiger partial charge in [-0.1, -0.05) is 12.1 Å². The summed E-state index contributed by atoms with van der Waals surface area (Å²) in [4.78, 5) is 36.1. The molecule has 0 unspecified atom stereocenters. The van der Waals surface area contributed by atoms with E-state index in [1.807, 2.05) is 29.2 Å². The Morgan fingerprint density at radius 1 is 0.967 bits per heavy atom. The van der Waals surface area contributed by atoms with Gasteiger partial charge in [0.05, 0.1) is 18.2 Å². The predicted molar refractivity (Wildman–Crippen MR) is 117 cm³/mol. The molecule has 7 heteroatoms. The zero-order valence-corrected chi connectivity index (χ0v) is 18.0. The Morgan fingerprint density at radius 2 is 1.63 bits per heavy atom. The summed E-state index contributed by atoms with van der Waals surface area (Å²) in [5.74, 6) is 1.34. The second-order valence-corrected chi connectivity index (χ2v) is 7.22. The van der Waals surface area contributed by atoms with Crippen LogP contribution in [0.3, 0.4) is 0 Å². The number of carbonyl (C=O) groups excluding carboxylic acids is 2. The first-order valence-corrected chi connectivity index (χ1v) is 10.5. The third-order valence-electron chi connectivity index (χ3n) is 5.49. The Labute approximate surface area is 178 Å². The van der Waals surface area contributed by atoms with Gasteiger partial charge in [-0.25, -0.2) is 4.98 Å². The molecule has 2 amide bonds. The molecule has 0 aliphatic carbocycles. The average molecular weight is 411 g/mol. The third kappa shape index (κ3) is 4.72. The zero-order chi connectivity index (χ0) is 21.5. The molecular formula is C23H30N4O3. The van der Waals surface area contributed by atoms with E-state index in [4.69, 9.17) is 4.74 Å². The normalized spacial score (nSPS) is 14.2. The standard InChI is InChI=1S/C23H30N4O3/c1-4-25(5-2)21-12-11-18(17-24-21)22(28)26-13-8-14-27(16-15-26)23(29)19-9-6-7-10-20(19)30-3/h6-7,9-12,17H,4-5,8,13-16H2,1-3H3. The fraction of sp³-hybridized carbons (Fsp3) is 0.435. The molecular weight excluding hydrogens is 380 g/mol. The molecule has 3 rings (SSSR count).